The molecule has 6 nitrogen and oxygen atoms in total. The minimum atomic E-state index is -0.107. The fourth-order valence-electron chi connectivity index (χ4n) is 2.54. The maximum Gasteiger partial charge on any atom is 0.278 e. The van der Waals surface area contributed by atoms with Crippen molar-refractivity contribution in [3.8, 4) is 5.88 Å². The van der Waals surface area contributed by atoms with Crippen molar-refractivity contribution in [2.45, 2.75) is 19.4 Å². The molecule has 23 heavy (non-hydrogen) atoms. The number of hydrogen-bond donors (Lipinski definition) is 0. The minimum Gasteiger partial charge on any atom is -0.478 e. The van der Waals surface area contributed by atoms with E-state index in [1.807, 2.05) is 12.1 Å². The van der Waals surface area contributed by atoms with Crippen LogP contribution in [-0.4, -0.2) is 45.8 Å². The summed E-state index contributed by atoms with van der Waals surface area (Å²) >= 11 is 1.78. The second-order valence-electron chi connectivity index (χ2n) is 5.31. The lowest BCUT2D eigenvalue weighted by Gasteiger charge is -2.21. The summed E-state index contributed by atoms with van der Waals surface area (Å²) in [7, 11) is 0. The number of hydrogen-bond acceptors (Lipinski definition) is 5. The molecule has 0 bridgehead atoms. The van der Waals surface area contributed by atoms with E-state index in [0.29, 0.717) is 24.7 Å². The van der Waals surface area contributed by atoms with Crippen LogP contribution in [0.4, 0.5) is 5.69 Å². The number of thioether (sulfide) groups is 1. The van der Waals surface area contributed by atoms with Crippen molar-refractivity contribution >= 4 is 23.4 Å². The molecule has 0 atom stereocenters. The summed E-state index contributed by atoms with van der Waals surface area (Å²) in [6.07, 6.45) is 7.33. The van der Waals surface area contributed by atoms with Crippen LogP contribution in [-0.2, 0) is 6.54 Å². The van der Waals surface area contributed by atoms with Crippen molar-refractivity contribution in [2.75, 3.05) is 30.1 Å². The fourth-order valence-corrected chi connectivity index (χ4v) is 2.96. The van der Waals surface area contributed by atoms with Crippen molar-refractivity contribution in [3.05, 3.63) is 36.3 Å². The van der Waals surface area contributed by atoms with Gasteiger partial charge < -0.3 is 9.64 Å². The van der Waals surface area contributed by atoms with Gasteiger partial charge >= 0.3 is 0 Å². The van der Waals surface area contributed by atoms with E-state index in [2.05, 4.69) is 16.3 Å². The van der Waals surface area contributed by atoms with Crippen molar-refractivity contribution in [1.82, 2.24) is 14.8 Å². The largest absolute Gasteiger partial charge is 0.478 e. The second kappa shape index (κ2) is 7.50. The number of fused-ring (bicyclic) bond motifs is 1. The average molecular weight is 332 g/mol. The Hall–Kier alpha value is -2.02. The number of amides is 1. The number of carbonyl (C=O) groups excluding carboxylic acids is 1. The van der Waals surface area contributed by atoms with Gasteiger partial charge in [-0.1, -0.05) is 0 Å². The highest BCUT2D eigenvalue weighted by Gasteiger charge is 2.23. The van der Waals surface area contributed by atoms with Gasteiger partial charge in [-0.2, -0.15) is 16.9 Å². The summed E-state index contributed by atoms with van der Waals surface area (Å²) in [4.78, 5) is 18.8. The SMILES string of the molecule is CSCCCN(C(=O)c1cc2n(n1)CCCO2)c1cccnc1. The van der Waals surface area contributed by atoms with Crippen LogP contribution in [0.25, 0.3) is 0 Å². The molecule has 1 amide bonds. The summed E-state index contributed by atoms with van der Waals surface area (Å²) < 4.78 is 7.32. The number of anilines is 1. The van der Waals surface area contributed by atoms with E-state index < -0.39 is 0 Å². The van der Waals surface area contributed by atoms with E-state index in [4.69, 9.17) is 4.74 Å². The normalized spacial score (nSPS) is 13.3. The van der Waals surface area contributed by atoms with Gasteiger partial charge in [0, 0.05) is 31.8 Å². The molecule has 0 saturated carbocycles. The average Bonchev–Trinajstić information content (AvgIpc) is 3.03. The minimum absolute atomic E-state index is 0.107. The molecule has 2 aromatic rings. The maximum atomic E-state index is 12.9. The Bertz CT molecular complexity index is 636. The fraction of sp³-hybridized carbons (Fsp3) is 0.438. The molecular formula is C16H20N4O2S. The van der Waals surface area contributed by atoms with Crippen LogP contribution in [0.15, 0.2) is 30.6 Å². The van der Waals surface area contributed by atoms with E-state index in [9.17, 15) is 4.79 Å². The molecule has 0 radical (unpaired) electrons. The van der Waals surface area contributed by atoms with E-state index in [0.717, 1.165) is 30.8 Å². The molecule has 122 valence electrons. The lowest BCUT2D eigenvalue weighted by atomic mass is 10.3. The number of carbonyl (C=O) groups is 1. The Morgan fingerprint density at radius 1 is 1.52 bits per heavy atom. The first kappa shape index (κ1) is 15.9. The molecular weight excluding hydrogens is 312 g/mol. The number of pyridine rings is 1. The van der Waals surface area contributed by atoms with Crippen LogP contribution in [0, 0.1) is 0 Å². The zero-order chi connectivity index (χ0) is 16.1. The first-order valence-corrected chi connectivity index (χ1v) is 9.10. The highest BCUT2D eigenvalue weighted by molar-refractivity contribution is 7.98. The quantitative estimate of drug-likeness (QED) is 0.761. The van der Waals surface area contributed by atoms with Crippen LogP contribution >= 0.6 is 11.8 Å². The van der Waals surface area contributed by atoms with Crippen LogP contribution < -0.4 is 9.64 Å². The van der Waals surface area contributed by atoms with Gasteiger partial charge in [-0.15, -0.1) is 0 Å². The first-order valence-electron chi connectivity index (χ1n) is 7.71. The molecule has 0 N–H and O–H groups in total. The third kappa shape index (κ3) is 3.67. The Labute approximate surface area is 139 Å². The third-order valence-corrected chi connectivity index (χ3v) is 4.36. The van der Waals surface area contributed by atoms with Crippen molar-refractivity contribution < 1.29 is 9.53 Å². The number of nitrogens with zero attached hydrogens (tertiary/aromatic N) is 4. The number of rotatable bonds is 6. The number of ether oxygens (including phenoxy) is 1. The van der Waals surface area contributed by atoms with E-state index in [1.54, 1.807) is 39.8 Å². The molecule has 1 aliphatic rings. The molecule has 0 aliphatic carbocycles. The number of aryl methyl sites for hydroxylation is 1. The topological polar surface area (TPSA) is 60.2 Å². The van der Waals surface area contributed by atoms with E-state index in [1.165, 1.54) is 0 Å². The van der Waals surface area contributed by atoms with Gasteiger partial charge in [-0.3, -0.25) is 9.78 Å². The van der Waals surface area contributed by atoms with E-state index in [-0.39, 0.29) is 5.91 Å². The molecule has 7 heteroatoms. The molecule has 0 saturated heterocycles. The number of aromatic nitrogens is 3. The predicted octanol–water partition coefficient (Wildman–Crippen LogP) is 2.46. The lowest BCUT2D eigenvalue weighted by molar-refractivity contribution is 0.0981. The van der Waals surface area contributed by atoms with E-state index >= 15 is 0 Å². The Kier molecular flexibility index (Phi) is 5.17. The molecule has 0 spiro atoms. The predicted molar refractivity (Wildman–Crippen MR) is 91.3 cm³/mol. The Morgan fingerprint density at radius 2 is 2.43 bits per heavy atom. The Balaban J connectivity index is 1.83. The van der Waals surface area contributed by atoms with Crippen LogP contribution in [0.5, 0.6) is 5.88 Å². The molecule has 1 aliphatic heterocycles. The second-order valence-corrected chi connectivity index (χ2v) is 6.29. The molecule has 3 heterocycles. The van der Waals surface area contributed by atoms with Crippen molar-refractivity contribution in [2.24, 2.45) is 0 Å². The van der Waals surface area contributed by atoms with Crippen molar-refractivity contribution in [1.29, 1.82) is 0 Å². The summed E-state index contributed by atoms with van der Waals surface area (Å²) in [6, 6.07) is 5.47. The van der Waals surface area contributed by atoms with Crippen LogP contribution in [0.2, 0.25) is 0 Å². The summed E-state index contributed by atoms with van der Waals surface area (Å²) in [6.45, 7) is 2.12. The smallest absolute Gasteiger partial charge is 0.278 e. The maximum absolute atomic E-state index is 12.9. The summed E-state index contributed by atoms with van der Waals surface area (Å²) in [5.74, 6) is 1.58. The summed E-state index contributed by atoms with van der Waals surface area (Å²) in [5.41, 5.74) is 1.22. The zero-order valence-corrected chi connectivity index (χ0v) is 14.0. The Morgan fingerprint density at radius 3 is 3.17 bits per heavy atom. The van der Waals surface area contributed by atoms with Gasteiger partial charge in [0.25, 0.3) is 5.91 Å². The highest BCUT2D eigenvalue weighted by atomic mass is 32.2. The molecule has 3 rings (SSSR count). The van der Waals surface area contributed by atoms with Gasteiger partial charge in [-0.05, 0) is 30.6 Å². The van der Waals surface area contributed by atoms with Crippen molar-refractivity contribution in [3.63, 3.8) is 0 Å². The van der Waals surface area contributed by atoms with Gasteiger partial charge in [0.2, 0.25) is 5.88 Å². The summed E-state index contributed by atoms with van der Waals surface area (Å²) in [5, 5.41) is 4.40. The monoisotopic (exact) mass is 332 g/mol. The van der Waals surface area contributed by atoms with Gasteiger partial charge in [0.1, 0.15) is 0 Å². The highest BCUT2D eigenvalue weighted by Crippen LogP contribution is 2.22. The standard InChI is InChI=1S/C16H20N4O2S/c1-23-10-4-7-19(13-5-2-6-17-12-13)16(21)14-11-15-20(18-14)8-3-9-22-15/h2,5-6,11-12H,3-4,7-10H2,1H3. The third-order valence-electron chi connectivity index (χ3n) is 3.66. The van der Waals surface area contributed by atoms with Crippen LogP contribution in [0.1, 0.15) is 23.3 Å². The molecule has 0 unspecified atom stereocenters. The molecule has 2 aromatic heterocycles. The first-order chi connectivity index (χ1) is 11.3. The zero-order valence-electron chi connectivity index (χ0n) is 13.1. The van der Waals surface area contributed by atoms with Gasteiger partial charge in [0.15, 0.2) is 5.69 Å². The molecule has 0 aromatic carbocycles. The van der Waals surface area contributed by atoms with Crippen LogP contribution in [0.3, 0.4) is 0 Å². The molecule has 0 fully saturated rings. The lowest BCUT2D eigenvalue weighted by Crippen LogP contribution is -2.32. The van der Waals surface area contributed by atoms with Gasteiger partial charge in [0.05, 0.1) is 18.5 Å². The van der Waals surface area contributed by atoms with Gasteiger partial charge in [-0.25, -0.2) is 4.68 Å².